The Morgan fingerprint density at radius 3 is 3.11 bits per heavy atom. The van der Waals surface area contributed by atoms with Gasteiger partial charge < -0.3 is 5.11 Å². The summed E-state index contributed by atoms with van der Waals surface area (Å²) in [6.07, 6.45) is 7.09. The summed E-state index contributed by atoms with van der Waals surface area (Å²) >= 11 is 0. The van der Waals surface area contributed by atoms with Gasteiger partial charge in [0.1, 0.15) is 5.78 Å². The van der Waals surface area contributed by atoms with Gasteiger partial charge in [-0.05, 0) is 44.2 Å². The topological polar surface area (TPSA) is 40.5 Å². The molecule has 1 spiro atoms. The fourth-order valence-corrected chi connectivity index (χ4v) is 5.50. The molecular weight excluding hydrogens is 238 g/mol. The summed E-state index contributed by atoms with van der Waals surface area (Å²) < 4.78 is 0. The van der Waals surface area contributed by atoms with Gasteiger partial charge in [-0.25, -0.2) is 0 Å². The molecule has 104 valence electrons. The normalized spacial score (nSPS) is 49.6. The molecular formula is C16H23NO2. The second-order valence-corrected chi connectivity index (χ2v) is 6.97. The molecule has 5 atom stereocenters. The molecule has 2 aliphatic heterocycles. The van der Waals surface area contributed by atoms with E-state index >= 15 is 0 Å². The van der Waals surface area contributed by atoms with Gasteiger partial charge in [0.05, 0.1) is 6.10 Å². The summed E-state index contributed by atoms with van der Waals surface area (Å²) in [6, 6.07) is 0. The minimum absolute atomic E-state index is 0.0101. The molecule has 1 N–H and O–H groups in total. The van der Waals surface area contributed by atoms with Crippen molar-refractivity contribution in [3.8, 4) is 0 Å². The number of rotatable bonds is 0. The first-order valence-corrected chi connectivity index (χ1v) is 7.82. The Labute approximate surface area is 114 Å². The van der Waals surface area contributed by atoms with Gasteiger partial charge in [0, 0.05) is 29.8 Å². The molecule has 3 heteroatoms. The summed E-state index contributed by atoms with van der Waals surface area (Å²) in [7, 11) is 0. The Balaban J connectivity index is 1.89. The van der Waals surface area contributed by atoms with Crippen molar-refractivity contribution >= 4 is 5.78 Å². The highest BCUT2D eigenvalue weighted by Crippen LogP contribution is 2.57. The zero-order chi connectivity index (χ0) is 13.2. The van der Waals surface area contributed by atoms with Crippen LogP contribution in [-0.4, -0.2) is 40.5 Å². The fourth-order valence-electron chi connectivity index (χ4n) is 5.50. The molecule has 0 amide bonds. The molecule has 4 aliphatic rings. The van der Waals surface area contributed by atoms with Crippen molar-refractivity contribution in [1.29, 1.82) is 0 Å². The smallest absolute Gasteiger partial charge is 0.143 e. The maximum absolute atomic E-state index is 12.5. The van der Waals surface area contributed by atoms with Gasteiger partial charge in [-0.1, -0.05) is 13.0 Å². The third-order valence-corrected chi connectivity index (χ3v) is 6.15. The van der Waals surface area contributed by atoms with Gasteiger partial charge >= 0.3 is 0 Å². The predicted octanol–water partition coefficient (Wildman–Crippen LogP) is 1.76. The van der Waals surface area contributed by atoms with E-state index in [-0.39, 0.29) is 23.5 Å². The Morgan fingerprint density at radius 2 is 2.26 bits per heavy atom. The molecule has 1 saturated heterocycles. The number of aliphatic hydroxyl groups excluding tert-OH is 1. The van der Waals surface area contributed by atoms with Gasteiger partial charge in [0.15, 0.2) is 0 Å². The first-order chi connectivity index (χ1) is 9.14. The number of carbonyl (C=O) groups excluding carboxylic acids is 1. The number of nitrogens with zero attached hydrogens (tertiary/aromatic N) is 1. The molecule has 4 rings (SSSR count). The van der Waals surface area contributed by atoms with Crippen molar-refractivity contribution in [2.24, 2.45) is 17.8 Å². The van der Waals surface area contributed by atoms with Crippen molar-refractivity contribution < 1.29 is 9.90 Å². The molecule has 0 aromatic heterocycles. The van der Waals surface area contributed by atoms with Crippen LogP contribution in [0.5, 0.6) is 0 Å². The highest BCUT2D eigenvalue weighted by atomic mass is 16.3. The first kappa shape index (κ1) is 12.1. The molecule has 0 aromatic carbocycles. The van der Waals surface area contributed by atoms with Crippen LogP contribution in [0.15, 0.2) is 11.6 Å². The number of piperidine rings is 1. The number of aliphatic hydroxyl groups is 1. The quantitative estimate of drug-likeness (QED) is 0.675. The molecule has 2 bridgehead atoms. The third kappa shape index (κ3) is 1.38. The average molecular weight is 261 g/mol. The molecule has 2 aliphatic carbocycles. The maximum Gasteiger partial charge on any atom is 0.143 e. The van der Waals surface area contributed by atoms with Gasteiger partial charge in [-0.3, -0.25) is 9.69 Å². The molecule has 2 heterocycles. The average Bonchev–Trinajstić information content (AvgIpc) is 2.40. The minimum Gasteiger partial charge on any atom is -0.393 e. The molecule has 3 nitrogen and oxygen atoms in total. The SMILES string of the molecule is CC1C[C@@]23C4=CCCN2CCCC3C(O)C[C@@H]4C1=O. The zero-order valence-electron chi connectivity index (χ0n) is 11.6. The van der Waals surface area contributed by atoms with Crippen LogP contribution in [0.3, 0.4) is 0 Å². The van der Waals surface area contributed by atoms with E-state index in [1.165, 1.54) is 12.0 Å². The first-order valence-electron chi connectivity index (χ1n) is 7.82. The Hall–Kier alpha value is -0.670. The molecule has 3 fully saturated rings. The van der Waals surface area contributed by atoms with Gasteiger partial charge in [-0.15, -0.1) is 0 Å². The van der Waals surface area contributed by atoms with Crippen LogP contribution in [0.4, 0.5) is 0 Å². The van der Waals surface area contributed by atoms with E-state index in [4.69, 9.17) is 0 Å². The third-order valence-electron chi connectivity index (χ3n) is 6.15. The van der Waals surface area contributed by atoms with Crippen LogP contribution in [0, 0.1) is 17.8 Å². The highest BCUT2D eigenvalue weighted by Gasteiger charge is 2.61. The largest absolute Gasteiger partial charge is 0.393 e. The number of hydrogen-bond acceptors (Lipinski definition) is 3. The van der Waals surface area contributed by atoms with Crippen LogP contribution in [0.1, 0.15) is 39.0 Å². The molecule has 2 saturated carbocycles. The predicted molar refractivity (Wildman–Crippen MR) is 72.6 cm³/mol. The lowest BCUT2D eigenvalue weighted by atomic mass is 9.51. The number of hydrogen-bond donors (Lipinski definition) is 1. The van der Waals surface area contributed by atoms with Gasteiger partial charge in [-0.2, -0.15) is 0 Å². The van der Waals surface area contributed by atoms with Crippen molar-refractivity contribution in [2.75, 3.05) is 13.1 Å². The van der Waals surface area contributed by atoms with Crippen molar-refractivity contribution in [1.82, 2.24) is 4.90 Å². The summed E-state index contributed by atoms with van der Waals surface area (Å²) in [4.78, 5) is 15.1. The van der Waals surface area contributed by atoms with Crippen LogP contribution in [-0.2, 0) is 4.79 Å². The monoisotopic (exact) mass is 261 g/mol. The summed E-state index contributed by atoms with van der Waals surface area (Å²) in [5.41, 5.74) is 1.42. The lowest BCUT2D eigenvalue weighted by Crippen LogP contribution is -2.69. The second-order valence-electron chi connectivity index (χ2n) is 6.97. The highest BCUT2D eigenvalue weighted by molar-refractivity contribution is 5.88. The minimum atomic E-state index is -0.278. The van der Waals surface area contributed by atoms with Crippen LogP contribution < -0.4 is 0 Å². The van der Waals surface area contributed by atoms with E-state index in [0.717, 1.165) is 32.4 Å². The van der Waals surface area contributed by atoms with E-state index in [1.54, 1.807) is 0 Å². The molecule has 19 heavy (non-hydrogen) atoms. The van der Waals surface area contributed by atoms with E-state index in [2.05, 4.69) is 17.9 Å². The van der Waals surface area contributed by atoms with Gasteiger partial charge in [0.2, 0.25) is 0 Å². The van der Waals surface area contributed by atoms with E-state index in [9.17, 15) is 9.90 Å². The van der Waals surface area contributed by atoms with Crippen LogP contribution >= 0.6 is 0 Å². The Bertz CT molecular complexity index is 458. The summed E-state index contributed by atoms with van der Waals surface area (Å²) in [6.45, 7) is 4.35. The molecule has 0 radical (unpaired) electrons. The lowest BCUT2D eigenvalue weighted by molar-refractivity contribution is -0.146. The number of carbonyl (C=O) groups is 1. The van der Waals surface area contributed by atoms with E-state index in [1.807, 2.05) is 0 Å². The van der Waals surface area contributed by atoms with E-state index in [0.29, 0.717) is 18.1 Å². The molecule has 3 unspecified atom stereocenters. The van der Waals surface area contributed by atoms with Gasteiger partial charge in [0.25, 0.3) is 0 Å². The number of ketones is 1. The fraction of sp³-hybridized carbons (Fsp3) is 0.812. The van der Waals surface area contributed by atoms with Crippen molar-refractivity contribution in [3.05, 3.63) is 11.6 Å². The zero-order valence-corrected chi connectivity index (χ0v) is 11.6. The van der Waals surface area contributed by atoms with Crippen molar-refractivity contribution in [2.45, 2.75) is 50.7 Å². The summed E-state index contributed by atoms with van der Waals surface area (Å²) in [5, 5.41) is 10.6. The van der Waals surface area contributed by atoms with Crippen LogP contribution in [0.2, 0.25) is 0 Å². The molecule has 0 aromatic rings. The van der Waals surface area contributed by atoms with Crippen LogP contribution in [0.25, 0.3) is 0 Å². The lowest BCUT2D eigenvalue weighted by Gasteiger charge is -2.63. The Morgan fingerprint density at radius 1 is 1.42 bits per heavy atom. The number of Topliss-reactive ketones (excluding diaryl/α,β-unsaturated/α-hetero) is 1. The summed E-state index contributed by atoms with van der Waals surface area (Å²) in [5.74, 6) is 0.910. The standard InChI is InChI=1S/C16H23NO2/c1-10-9-16-12-4-2-6-17(16)7-3-5-13(16)14(18)8-11(12)15(10)19/h4,10-11,13-14,18H,2-3,5-9H2,1H3/t10?,11-,13?,14?,16-/m0/s1. The second kappa shape index (κ2) is 3.92. The maximum atomic E-state index is 12.5. The van der Waals surface area contributed by atoms with E-state index < -0.39 is 0 Å². The Kier molecular flexibility index (Phi) is 2.50. The van der Waals surface area contributed by atoms with Crippen molar-refractivity contribution in [3.63, 3.8) is 0 Å².